The van der Waals surface area contributed by atoms with Gasteiger partial charge in [-0.2, -0.15) is 4.98 Å². The highest BCUT2D eigenvalue weighted by Crippen LogP contribution is 2.41. The number of nitrogens with zero attached hydrogens (tertiary/aromatic N) is 2. The third-order valence-corrected chi connectivity index (χ3v) is 6.10. The normalized spacial score (nSPS) is 14.6. The Labute approximate surface area is 220 Å². The number of nitrogens with two attached hydrogens (primary N) is 1. The van der Waals surface area contributed by atoms with Crippen molar-refractivity contribution in [2.24, 2.45) is 0 Å². The molecule has 4 aromatic rings. The Balaban J connectivity index is 1.84. The maximum atomic E-state index is 13.2. The molecule has 1 aliphatic rings. The predicted octanol–water partition coefficient (Wildman–Crippen LogP) is 1.51. The summed E-state index contributed by atoms with van der Waals surface area (Å²) in [6, 6.07) is 8.90. The van der Waals surface area contributed by atoms with Gasteiger partial charge in [0.25, 0.3) is 6.01 Å². The molecule has 1 atom stereocenters. The van der Waals surface area contributed by atoms with Gasteiger partial charge in [-0.3, -0.25) is 0 Å². The molecule has 2 aromatic heterocycles. The SMILES string of the molecule is CCOc1cc(/C=c2\c(=O)oc3n2-c2oc(N)nc2[C@H](c2ccc(O)c(OCC)c2)C=3C(=O)OC)ccc1O. The molecule has 2 aromatic carbocycles. The van der Waals surface area contributed by atoms with Crippen LogP contribution < -0.4 is 31.7 Å². The van der Waals surface area contributed by atoms with Crippen molar-refractivity contribution >= 4 is 23.6 Å². The molecule has 5 rings (SSSR count). The highest BCUT2D eigenvalue weighted by atomic mass is 16.5. The number of benzene rings is 2. The van der Waals surface area contributed by atoms with Crippen LogP contribution in [0.5, 0.6) is 23.0 Å². The Bertz CT molecular complexity index is 1760. The van der Waals surface area contributed by atoms with Gasteiger partial charge < -0.3 is 39.0 Å². The van der Waals surface area contributed by atoms with E-state index < -0.39 is 17.5 Å². The zero-order chi connectivity index (χ0) is 27.8. The third kappa shape index (κ3) is 4.35. The largest absolute Gasteiger partial charge is 0.504 e. The lowest BCUT2D eigenvalue weighted by Crippen LogP contribution is -2.37. The zero-order valence-electron chi connectivity index (χ0n) is 21.3. The molecule has 0 amide bonds. The van der Waals surface area contributed by atoms with Crippen molar-refractivity contribution in [2.45, 2.75) is 19.8 Å². The second-order valence-corrected chi connectivity index (χ2v) is 8.46. The van der Waals surface area contributed by atoms with E-state index in [1.54, 1.807) is 38.1 Å². The molecule has 0 spiro atoms. The quantitative estimate of drug-likeness (QED) is 0.293. The van der Waals surface area contributed by atoms with Gasteiger partial charge in [0, 0.05) is 0 Å². The van der Waals surface area contributed by atoms with Gasteiger partial charge in [-0.05, 0) is 55.3 Å². The number of rotatable bonds is 7. The first kappa shape index (κ1) is 25.5. The number of carbonyl (C=O) groups excluding carboxylic acids is 1. The van der Waals surface area contributed by atoms with Crippen LogP contribution in [0.15, 0.2) is 50.0 Å². The van der Waals surface area contributed by atoms with Crippen LogP contribution in [-0.2, 0) is 9.53 Å². The van der Waals surface area contributed by atoms with Crippen molar-refractivity contribution in [1.82, 2.24) is 9.55 Å². The van der Waals surface area contributed by atoms with Gasteiger partial charge in [0.2, 0.25) is 11.4 Å². The first-order valence-electron chi connectivity index (χ1n) is 12.0. The van der Waals surface area contributed by atoms with E-state index in [9.17, 15) is 19.8 Å². The van der Waals surface area contributed by atoms with Crippen molar-refractivity contribution in [3.05, 3.63) is 74.5 Å². The smallest absolute Gasteiger partial charge is 0.362 e. The summed E-state index contributed by atoms with van der Waals surface area (Å²) in [7, 11) is 1.20. The first-order valence-corrected chi connectivity index (χ1v) is 12.0. The number of aromatic nitrogens is 2. The van der Waals surface area contributed by atoms with Crippen molar-refractivity contribution in [2.75, 3.05) is 26.1 Å². The van der Waals surface area contributed by atoms with E-state index in [0.29, 0.717) is 17.7 Å². The number of carbonyl (C=O) groups is 1. The minimum absolute atomic E-state index is 0.00361. The van der Waals surface area contributed by atoms with Gasteiger partial charge in [0.1, 0.15) is 16.6 Å². The van der Waals surface area contributed by atoms with E-state index in [2.05, 4.69) is 4.98 Å². The van der Waals surface area contributed by atoms with Gasteiger partial charge in [-0.1, -0.05) is 12.1 Å². The van der Waals surface area contributed by atoms with E-state index in [-0.39, 0.29) is 63.7 Å². The summed E-state index contributed by atoms with van der Waals surface area (Å²) >= 11 is 0. The summed E-state index contributed by atoms with van der Waals surface area (Å²) in [5.74, 6) is -1.40. The van der Waals surface area contributed by atoms with Gasteiger partial charge in [0.05, 0.1) is 26.2 Å². The van der Waals surface area contributed by atoms with Crippen LogP contribution >= 0.6 is 0 Å². The second-order valence-electron chi connectivity index (χ2n) is 8.46. The van der Waals surface area contributed by atoms with E-state index in [0.717, 1.165) is 0 Å². The third-order valence-electron chi connectivity index (χ3n) is 6.10. The number of methoxy groups -OCH3 is 1. The fraction of sp³-hybridized carbons (Fsp3) is 0.222. The van der Waals surface area contributed by atoms with Gasteiger partial charge >= 0.3 is 11.6 Å². The van der Waals surface area contributed by atoms with Crippen LogP contribution in [0.2, 0.25) is 0 Å². The molecule has 39 heavy (non-hydrogen) atoms. The minimum Gasteiger partial charge on any atom is -0.504 e. The molecule has 3 heterocycles. The Morgan fingerprint density at radius 2 is 1.74 bits per heavy atom. The summed E-state index contributed by atoms with van der Waals surface area (Å²) in [4.78, 5) is 30.7. The van der Waals surface area contributed by atoms with Crippen molar-refractivity contribution in [3.8, 4) is 28.9 Å². The van der Waals surface area contributed by atoms with E-state index in [4.69, 9.17) is 28.8 Å². The molecule has 0 aliphatic carbocycles. The number of oxazole rings is 2. The minimum atomic E-state index is -0.940. The lowest BCUT2D eigenvalue weighted by molar-refractivity contribution is -0.134. The Morgan fingerprint density at radius 3 is 2.41 bits per heavy atom. The molecule has 202 valence electrons. The number of phenolic OH excluding ortho intramolecular Hbond substituents is 2. The molecule has 0 fully saturated rings. The molecule has 0 bridgehead atoms. The summed E-state index contributed by atoms with van der Waals surface area (Å²) < 4.78 is 28.7. The number of nitrogen functional groups attached to an aromatic ring is 1. The van der Waals surface area contributed by atoms with Crippen molar-refractivity contribution in [1.29, 1.82) is 0 Å². The number of phenols is 2. The van der Waals surface area contributed by atoms with Gasteiger partial charge in [-0.15, -0.1) is 0 Å². The predicted molar refractivity (Wildman–Crippen MR) is 137 cm³/mol. The molecule has 0 radical (unpaired) electrons. The maximum Gasteiger partial charge on any atom is 0.362 e. The molecule has 0 saturated heterocycles. The monoisotopic (exact) mass is 535 g/mol. The first-order chi connectivity index (χ1) is 18.8. The molecular weight excluding hydrogens is 510 g/mol. The van der Waals surface area contributed by atoms with Crippen LogP contribution in [0.1, 0.15) is 36.6 Å². The Kier molecular flexibility index (Phi) is 6.52. The fourth-order valence-corrected chi connectivity index (χ4v) is 4.51. The van der Waals surface area contributed by atoms with Crippen molar-refractivity contribution in [3.63, 3.8) is 0 Å². The van der Waals surface area contributed by atoms with E-state index >= 15 is 0 Å². The summed E-state index contributed by atoms with van der Waals surface area (Å²) in [6.07, 6.45) is 1.49. The molecule has 4 N–H and O–H groups in total. The lowest BCUT2D eigenvalue weighted by Gasteiger charge is -2.22. The Hall–Kier alpha value is -5.13. The van der Waals surface area contributed by atoms with E-state index in [1.807, 2.05) is 0 Å². The van der Waals surface area contributed by atoms with Crippen LogP contribution in [0.4, 0.5) is 6.01 Å². The van der Waals surface area contributed by atoms with E-state index in [1.165, 1.54) is 29.9 Å². The highest BCUT2D eigenvalue weighted by Gasteiger charge is 2.39. The topological polar surface area (TPSA) is 172 Å². The van der Waals surface area contributed by atoms with Crippen LogP contribution in [-0.4, -0.2) is 46.1 Å². The summed E-state index contributed by atoms with van der Waals surface area (Å²) in [5.41, 5.74) is 6.19. The Morgan fingerprint density at radius 1 is 1.08 bits per heavy atom. The van der Waals surface area contributed by atoms with Crippen LogP contribution in [0.25, 0.3) is 17.5 Å². The number of fused-ring (bicyclic) bond motifs is 3. The molecule has 12 heteroatoms. The maximum absolute atomic E-state index is 13.2. The van der Waals surface area contributed by atoms with Crippen LogP contribution in [0.3, 0.4) is 0 Å². The molecule has 0 unspecified atom stereocenters. The molecule has 12 nitrogen and oxygen atoms in total. The standard InChI is InChI=1S/C27H25N3O9/c1-4-36-18-11-13(6-8-16(18)31)10-15-25(33)38-23-21(26(34)35-3)20(22-24(30(15)23)39-27(28)29-22)14-7-9-17(32)19(12-14)37-5-2/h6-12,20,31-32H,4-5H2,1-3H3,(H2,28,29)/b15-10+/t20-/m1/s1. The number of hydrogen-bond acceptors (Lipinski definition) is 11. The zero-order valence-corrected chi connectivity index (χ0v) is 21.3. The summed E-state index contributed by atoms with van der Waals surface area (Å²) in [5, 5.41) is 20.3. The highest BCUT2D eigenvalue weighted by molar-refractivity contribution is 6.12. The molecule has 1 aliphatic heterocycles. The number of hydrogen-bond donors (Lipinski definition) is 3. The average molecular weight is 536 g/mol. The molecule has 0 saturated carbocycles. The summed E-state index contributed by atoms with van der Waals surface area (Å²) in [6.45, 7) is 4.15. The number of ether oxygens (including phenoxy) is 3. The lowest BCUT2D eigenvalue weighted by atomic mass is 9.86. The molecular formula is C27H25N3O9. The van der Waals surface area contributed by atoms with Crippen LogP contribution in [0, 0.1) is 0 Å². The van der Waals surface area contributed by atoms with Crippen molar-refractivity contribution < 1.29 is 38.1 Å². The average Bonchev–Trinajstić information content (AvgIpc) is 3.45. The fourth-order valence-electron chi connectivity index (χ4n) is 4.51. The second kappa shape index (κ2) is 9.97. The number of esters is 1. The number of anilines is 1. The number of aromatic hydroxyl groups is 2. The van der Waals surface area contributed by atoms with Gasteiger partial charge in [0.15, 0.2) is 23.0 Å². The van der Waals surface area contributed by atoms with Gasteiger partial charge in [-0.25, -0.2) is 14.2 Å².